The van der Waals surface area contributed by atoms with Gasteiger partial charge in [-0.3, -0.25) is 9.59 Å². The zero-order valence-electron chi connectivity index (χ0n) is 10.8. The molecule has 0 aromatic rings. The van der Waals surface area contributed by atoms with E-state index in [9.17, 15) is 9.59 Å². The second kappa shape index (κ2) is 7.56. The van der Waals surface area contributed by atoms with Crippen LogP contribution in [0.3, 0.4) is 0 Å². The molecule has 0 bridgehead atoms. The maximum Gasteiger partial charge on any atom is 0.303 e. The fraction of sp³-hybridized carbons (Fsp3) is 0.538. The largest absolute Gasteiger partial charge is 0.463 e. The van der Waals surface area contributed by atoms with Crippen molar-refractivity contribution in [2.75, 3.05) is 13.2 Å². The molecule has 0 aromatic heterocycles. The second-order valence-electron chi connectivity index (χ2n) is 3.82. The average Bonchev–Trinajstić information content (AvgIpc) is 2.35. The van der Waals surface area contributed by atoms with Crippen LogP contribution in [0.4, 0.5) is 0 Å². The van der Waals surface area contributed by atoms with Gasteiger partial charge >= 0.3 is 11.9 Å². The van der Waals surface area contributed by atoms with Crippen LogP contribution in [-0.2, 0) is 28.5 Å². The summed E-state index contributed by atoms with van der Waals surface area (Å²) in [4.78, 5) is 21.8. The summed E-state index contributed by atoms with van der Waals surface area (Å²) in [6, 6.07) is 0. The topological polar surface area (TPSA) is 71.1 Å². The molecular formula is C13H16O6. The normalized spacial score (nSPS) is 25.4. The Morgan fingerprint density at radius 1 is 1.32 bits per heavy atom. The third-order valence-electron chi connectivity index (χ3n) is 2.22. The van der Waals surface area contributed by atoms with Crippen molar-refractivity contribution < 1.29 is 28.5 Å². The molecule has 0 saturated heterocycles. The van der Waals surface area contributed by atoms with E-state index in [1.54, 1.807) is 12.2 Å². The SMILES string of the molecule is C#CCO[C@H]1C=C[C@@H](OC(C)=O)[C@H](COC(C)=O)O1. The molecule has 6 heteroatoms. The molecule has 0 spiro atoms. The van der Waals surface area contributed by atoms with Crippen LogP contribution in [-0.4, -0.2) is 43.7 Å². The lowest BCUT2D eigenvalue weighted by Gasteiger charge is -2.30. The van der Waals surface area contributed by atoms with Crippen LogP contribution in [0, 0.1) is 12.3 Å². The van der Waals surface area contributed by atoms with Gasteiger partial charge in [-0.1, -0.05) is 5.92 Å². The molecule has 19 heavy (non-hydrogen) atoms. The van der Waals surface area contributed by atoms with Gasteiger partial charge in [-0.05, 0) is 12.2 Å². The number of rotatable bonds is 5. The van der Waals surface area contributed by atoms with Gasteiger partial charge in [-0.2, -0.15) is 0 Å². The maximum absolute atomic E-state index is 11.0. The first kappa shape index (κ1) is 15.2. The highest BCUT2D eigenvalue weighted by Gasteiger charge is 2.30. The van der Waals surface area contributed by atoms with Crippen LogP contribution in [0.2, 0.25) is 0 Å². The molecule has 0 aliphatic carbocycles. The number of carbonyl (C=O) groups excluding carboxylic acids is 2. The molecule has 1 aliphatic rings. The Morgan fingerprint density at radius 3 is 2.63 bits per heavy atom. The van der Waals surface area contributed by atoms with E-state index in [2.05, 4.69) is 5.92 Å². The van der Waals surface area contributed by atoms with Gasteiger partial charge in [0, 0.05) is 13.8 Å². The van der Waals surface area contributed by atoms with E-state index in [4.69, 9.17) is 25.4 Å². The Morgan fingerprint density at radius 2 is 2.05 bits per heavy atom. The molecule has 0 N–H and O–H groups in total. The van der Waals surface area contributed by atoms with E-state index < -0.39 is 30.4 Å². The van der Waals surface area contributed by atoms with Crippen molar-refractivity contribution in [2.24, 2.45) is 0 Å². The molecule has 1 rings (SSSR count). The quantitative estimate of drug-likeness (QED) is 0.408. The first-order valence-corrected chi connectivity index (χ1v) is 5.72. The highest BCUT2D eigenvalue weighted by molar-refractivity contribution is 5.66. The molecule has 6 nitrogen and oxygen atoms in total. The molecule has 0 saturated carbocycles. The van der Waals surface area contributed by atoms with Gasteiger partial charge in [-0.15, -0.1) is 6.42 Å². The van der Waals surface area contributed by atoms with Crippen molar-refractivity contribution in [2.45, 2.75) is 32.3 Å². The molecule has 1 aliphatic heterocycles. The van der Waals surface area contributed by atoms with Crippen LogP contribution in [0.1, 0.15) is 13.8 Å². The van der Waals surface area contributed by atoms with Crippen molar-refractivity contribution in [3.8, 4) is 12.3 Å². The second-order valence-corrected chi connectivity index (χ2v) is 3.82. The standard InChI is InChI=1S/C13H16O6/c1-4-7-16-13-6-5-11(18-10(3)15)12(19-13)8-17-9(2)14/h1,5-6,11-13H,7-8H2,2-3H3/t11-,12+,13-/m1/s1. The molecule has 0 aromatic carbocycles. The van der Waals surface area contributed by atoms with Crippen LogP contribution in [0.5, 0.6) is 0 Å². The van der Waals surface area contributed by atoms with Gasteiger partial charge < -0.3 is 18.9 Å². The van der Waals surface area contributed by atoms with Gasteiger partial charge in [-0.25, -0.2) is 0 Å². The third kappa shape index (κ3) is 5.55. The average molecular weight is 268 g/mol. The lowest BCUT2D eigenvalue weighted by Crippen LogP contribution is -2.42. The number of terminal acetylenes is 1. The molecule has 1 heterocycles. The fourth-order valence-electron chi connectivity index (χ4n) is 1.48. The minimum atomic E-state index is -0.650. The van der Waals surface area contributed by atoms with E-state index in [1.165, 1.54) is 13.8 Å². The van der Waals surface area contributed by atoms with E-state index in [0.717, 1.165) is 0 Å². The Bertz CT molecular complexity index is 394. The lowest BCUT2D eigenvalue weighted by molar-refractivity contribution is -0.193. The minimum Gasteiger partial charge on any atom is -0.463 e. The van der Waals surface area contributed by atoms with Gasteiger partial charge in [0.25, 0.3) is 0 Å². The van der Waals surface area contributed by atoms with Crippen molar-refractivity contribution in [3.05, 3.63) is 12.2 Å². The highest BCUT2D eigenvalue weighted by atomic mass is 16.7. The summed E-state index contributed by atoms with van der Waals surface area (Å²) in [7, 11) is 0. The summed E-state index contributed by atoms with van der Waals surface area (Å²) >= 11 is 0. The summed E-state index contributed by atoms with van der Waals surface area (Å²) in [5.41, 5.74) is 0. The van der Waals surface area contributed by atoms with Gasteiger partial charge in [0.1, 0.15) is 25.4 Å². The summed E-state index contributed by atoms with van der Waals surface area (Å²) in [6.45, 7) is 2.63. The molecule has 0 amide bonds. The Hall–Kier alpha value is -1.84. The van der Waals surface area contributed by atoms with E-state index in [-0.39, 0.29) is 13.2 Å². The smallest absolute Gasteiger partial charge is 0.303 e. The van der Waals surface area contributed by atoms with Crippen LogP contribution < -0.4 is 0 Å². The van der Waals surface area contributed by atoms with E-state index in [1.807, 2.05) is 0 Å². The Kier molecular flexibility index (Phi) is 6.06. The first-order chi connectivity index (χ1) is 9.02. The minimum absolute atomic E-state index is 0.0342. The summed E-state index contributed by atoms with van der Waals surface area (Å²) < 4.78 is 20.6. The fourth-order valence-corrected chi connectivity index (χ4v) is 1.48. The number of hydrogen-bond donors (Lipinski definition) is 0. The van der Waals surface area contributed by atoms with Crippen LogP contribution in [0.15, 0.2) is 12.2 Å². The number of carbonyl (C=O) groups is 2. The predicted molar refractivity (Wildman–Crippen MR) is 64.8 cm³/mol. The number of ether oxygens (including phenoxy) is 4. The van der Waals surface area contributed by atoms with Crippen LogP contribution in [0.25, 0.3) is 0 Å². The Labute approximate surface area is 111 Å². The Balaban J connectivity index is 2.63. The van der Waals surface area contributed by atoms with E-state index >= 15 is 0 Å². The number of esters is 2. The molecule has 0 radical (unpaired) electrons. The molecular weight excluding hydrogens is 252 g/mol. The molecule has 0 unspecified atom stereocenters. The molecule has 0 fully saturated rings. The molecule has 104 valence electrons. The van der Waals surface area contributed by atoms with Gasteiger partial charge in [0.15, 0.2) is 6.29 Å². The highest BCUT2D eigenvalue weighted by Crippen LogP contribution is 2.17. The van der Waals surface area contributed by atoms with Crippen LogP contribution >= 0.6 is 0 Å². The lowest BCUT2D eigenvalue weighted by atomic mass is 10.1. The van der Waals surface area contributed by atoms with Crippen molar-refractivity contribution in [3.63, 3.8) is 0 Å². The molecule has 3 atom stereocenters. The van der Waals surface area contributed by atoms with E-state index in [0.29, 0.717) is 0 Å². The predicted octanol–water partition coefficient (Wildman–Crippen LogP) is 0.412. The van der Waals surface area contributed by atoms with Crippen molar-refractivity contribution >= 4 is 11.9 Å². The monoisotopic (exact) mass is 268 g/mol. The summed E-state index contributed by atoms with van der Waals surface area (Å²) in [5.74, 6) is 1.42. The summed E-state index contributed by atoms with van der Waals surface area (Å²) in [6.07, 6.45) is 6.40. The zero-order chi connectivity index (χ0) is 14.3. The maximum atomic E-state index is 11.0. The third-order valence-corrected chi connectivity index (χ3v) is 2.22. The van der Waals surface area contributed by atoms with Gasteiger partial charge in [0.05, 0.1) is 0 Å². The van der Waals surface area contributed by atoms with Crippen molar-refractivity contribution in [1.82, 2.24) is 0 Å². The zero-order valence-corrected chi connectivity index (χ0v) is 10.8. The van der Waals surface area contributed by atoms with Crippen molar-refractivity contribution in [1.29, 1.82) is 0 Å². The van der Waals surface area contributed by atoms with Gasteiger partial charge in [0.2, 0.25) is 0 Å². The number of hydrogen-bond acceptors (Lipinski definition) is 6. The first-order valence-electron chi connectivity index (χ1n) is 5.72. The summed E-state index contributed by atoms with van der Waals surface area (Å²) in [5, 5.41) is 0.